The summed E-state index contributed by atoms with van der Waals surface area (Å²) in [5.74, 6) is -0.800. The number of nitrogens with zero attached hydrogens (tertiary/aromatic N) is 1. The van der Waals surface area contributed by atoms with E-state index in [-0.39, 0.29) is 5.91 Å². The summed E-state index contributed by atoms with van der Waals surface area (Å²) < 4.78 is 5.19. The van der Waals surface area contributed by atoms with E-state index in [9.17, 15) is 9.59 Å². The van der Waals surface area contributed by atoms with Gasteiger partial charge in [-0.25, -0.2) is 9.78 Å². The third-order valence-electron chi connectivity index (χ3n) is 3.09. The number of carbonyl (C=O) groups excluding carboxylic acids is 2. The fourth-order valence-electron chi connectivity index (χ4n) is 2.14. The Morgan fingerprint density at radius 1 is 1.50 bits per heavy atom. The highest BCUT2D eigenvalue weighted by Crippen LogP contribution is 2.23. The lowest BCUT2D eigenvalue weighted by atomic mass is 9.96. The number of ether oxygens (including phenoxy) is 1. The SMILES string of the molecule is Cc1ccc2c(c1)C[C@H](C(=O)Nc1nccs1)OC2=O. The molecule has 1 N–H and O–H groups in total. The molecule has 1 atom stereocenters. The Balaban J connectivity index is 1.80. The van der Waals surface area contributed by atoms with Crippen molar-refractivity contribution >= 4 is 28.3 Å². The lowest BCUT2D eigenvalue weighted by Gasteiger charge is -2.23. The maximum Gasteiger partial charge on any atom is 0.339 e. The minimum Gasteiger partial charge on any atom is -0.448 e. The van der Waals surface area contributed by atoms with Crippen LogP contribution in [0.1, 0.15) is 21.5 Å². The highest BCUT2D eigenvalue weighted by atomic mass is 32.1. The second-order valence-corrected chi connectivity index (χ2v) is 5.48. The molecule has 3 rings (SSSR count). The fraction of sp³-hybridized carbons (Fsp3) is 0.214. The van der Waals surface area contributed by atoms with Crippen LogP contribution in [-0.2, 0) is 16.0 Å². The lowest BCUT2D eigenvalue weighted by Crippen LogP contribution is -2.38. The number of aromatic nitrogens is 1. The van der Waals surface area contributed by atoms with Crippen molar-refractivity contribution in [3.05, 3.63) is 46.5 Å². The van der Waals surface area contributed by atoms with Gasteiger partial charge in [-0.3, -0.25) is 10.1 Å². The van der Waals surface area contributed by atoms with E-state index < -0.39 is 12.1 Å². The molecular weight excluding hydrogens is 276 g/mol. The van der Waals surface area contributed by atoms with Crippen molar-refractivity contribution in [3.8, 4) is 0 Å². The Bertz CT molecular complexity index is 667. The number of carbonyl (C=O) groups is 2. The first-order chi connectivity index (χ1) is 9.63. The number of fused-ring (bicyclic) bond motifs is 1. The van der Waals surface area contributed by atoms with Crippen molar-refractivity contribution in [2.75, 3.05) is 5.32 Å². The normalized spacial score (nSPS) is 17.2. The molecule has 1 aromatic heterocycles. The summed E-state index contributed by atoms with van der Waals surface area (Å²) in [5.41, 5.74) is 2.44. The van der Waals surface area contributed by atoms with E-state index in [1.54, 1.807) is 17.6 Å². The number of benzene rings is 1. The van der Waals surface area contributed by atoms with Crippen molar-refractivity contribution in [1.82, 2.24) is 4.98 Å². The van der Waals surface area contributed by atoms with Gasteiger partial charge in [-0.1, -0.05) is 17.7 Å². The van der Waals surface area contributed by atoms with Crippen molar-refractivity contribution in [2.24, 2.45) is 0 Å². The number of hydrogen-bond donors (Lipinski definition) is 1. The third kappa shape index (κ3) is 2.42. The van der Waals surface area contributed by atoms with Gasteiger partial charge < -0.3 is 4.74 Å². The molecule has 0 bridgehead atoms. The lowest BCUT2D eigenvalue weighted by molar-refractivity contribution is -0.125. The molecule has 0 saturated carbocycles. The van der Waals surface area contributed by atoms with E-state index in [0.717, 1.165) is 11.1 Å². The summed E-state index contributed by atoms with van der Waals surface area (Å²) in [6.45, 7) is 1.95. The summed E-state index contributed by atoms with van der Waals surface area (Å²) in [7, 11) is 0. The van der Waals surface area contributed by atoms with Crippen LogP contribution >= 0.6 is 11.3 Å². The Morgan fingerprint density at radius 2 is 2.35 bits per heavy atom. The highest BCUT2D eigenvalue weighted by Gasteiger charge is 2.31. The quantitative estimate of drug-likeness (QED) is 0.860. The molecule has 6 heteroatoms. The monoisotopic (exact) mass is 288 g/mol. The van der Waals surface area contributed by atoms with E-state index >= 15 is 0 Å². The molecule has 0 radical (unpaired) electrons. The predicted molar refractivity (Wildman–Crippen MR) is 74.8 cm³/mol. The number of cyclic esters (lactones) is 1. The molecule has 0 fully saturated rings. The van der Waals surface area contributed by atoms with Crippen LogP contribution in [0.3, 0.4) is 0 Å². The molecule has 1 aromatic carbocycles. The van der Waals surface area contributed by atoms with Gasteiger partial charge in [0.25, 0.3) is 5.91 Å². The third-order valence-corrected chi connectivity index (χ3v) is 3.78. The molecule has 0 unspecified atom stereocenters. The fourth-order valence-corrected chi connectivity index (χ4v) is 2.67. The first-order valence-corrected chi connectivity index (χ1v) is 7.02. The van der Waals surface area contributed by atoms with Crippen LogP contribution in [0.2, 0.25) is 0 Å². The van der Waals surface area contributed by atoms with Gasteiger partial charge >= 0.3 is 5.97 Å². The van der Waals surface area contributed by atoms with Crippen molar-refractivity contribution < 1.29 is 14.3 Å². The number of hydrogen-bond acceptors (Lipinski definition) is 5. The van der Waals surface area contributed by atoms with E-state index in [1.165, 1.54) is 11.3 Å². The average molecular weight is 288 g/mol. The van der Waals surface area contributed by atoms with Crippen LogP contribution in [0, 0.1) is 6.92 Å². The van der Waals surface area contributed by atoms with Gasteiger partial charge in [0.15, 0.2) is 11.2 Å². The average Bonchev–Trinajstić information content (AvgIpc) is 2.90. The summed E-state index contributed by atoms with van der Waals surface area (Å²) >= 11 is 1.32. The van der Waals surface area contributed by atoms with E-state index in [0.29, 0.717) is 17.1 Å². The molecule has 1 amide bonds. The largest absolute Gasteiger partial charge is 0.448 e. The minimum atomic E-state index is -0.805. The van der Waals surface area contributed by atoms with Gasteiger partial charge in [0.1, 0.15) is 0 Å². The zero-order valence-corrected chi connectivity index (χ0v) is 11.6. The smallest absolute Gasteiger partial charge is 0.339 e. The molecule has 0 aliphatic carbocycles. The summed E-state index contributed by atoms with van der Waals surface area (Å²) in [5, 5.41) is 4.91. The van der Waals surface area contributed by atoms with E-state index in [1.807, 2.05) is 19.1 Å². The van der Waals surface area contributed by atoms with E-state index in [2.05, 4.69) is 10.3 Å². The number of anilines is 1. The zero-order valence-electron chi connectivity index (χ0n) is 10.8. The molecule has 1 aliphatic rings. The van der Waals surface area contributed by atoms with Gasteiger partial charge in [0.2, 0.25) is 0 Å². The Hall–Kier alpha value is -2.21. The highest BCUT2D eigenvalue weighted by molar-refractivity contribution is 7.13. The number of thiazole rings is 1. The Morgan fingerprint density at radius 3 is 3.10 bits per heavy atom. The van der Waals surface area contributed by atoms with Crippen LogP contribution in [0.4, 0.5) is 5.13 Å². The maximum absolute atomic E-state index is 12.1. The van der Waals surface area contributed by atoms with Gasteiger partial charge in [0, 0.05) is 18.0 Å². The number of amides is 1. The van der Waals surface area contributed by atoms with Gasteiger partial charge in [0.05, 0.1) is 5.56 Å². The van der Waals surface area contributed by atoms with Crippen molar-refractivity contribution in [1.29, 1.82) is 0 Å². The molecule has 2 heterocycles. The molecule has 1 aliphatic heterocycles. The number of nitrogens with one attached hydrogen (secondary N) is 1. The topological polar surface area (TPSA) is 68.3 Å². The Labute approximate surface area is 119 Å². The second kappa shape index (κ2) is 5.05. The maximum atomic E-state index is 12.1. The first-order valence-electron chi connectivity index (χ1n) is 6.14. The van der Waals surface area contributed by atoms with Gasteiger partial charge in [-0.15, -0.1) is 11.3 Å². The van der Waals surface area contributed by atoms with Crippen LogP contribution in [0.15, 0.2) is 29.8 Å². The standard InChI is InChI=1S/C14H12N2O3S/c1-8-2-3-10-9(6-8)7-11(19-13(10)18)12(17)16-14-15-4-5-20-14/h2-6,11H,7H2,1H3,(H,15,16,17)/t11-/m1/s1. The molecule has 0 spiro atoms. The molecule has 102 valence electrons. The minimum absolute atomic E-state index is 0.347. The Kier molecular flexibility index (Phi) is 3.23. The predicted octanol–water partition coefficient (Wildman–Crippen LogP) is 2.17. The number of aryl methyl sites for hydroxylation is 1. The van der Waals surface area contributed by atoms with Gasteiger partial charge in [-0.2, -0.15) is 0 Å². The molecular formula is C14H12N2O3S. The molecule has 0 saturated heterocycles. The first kappa shape index (κ1) is 12.8. The van der Waals surface area contributed by atoms with Gasteiger partial charge in [-0.05, 0) is 18.6 Å². The van der Waals surface area contributed by atoms with Crippen LogP contribution in [-0.4, -0.2) is 23.0 Å². The van der Waals surface area contributed by atoms with Crippen molar-refractivity contribution in [2.45, 2.75) is 19.4 Å². The summed E-state index contributed by atoms with van der Waals surface area (Å²) in [6, 6.07) is 5.51. The summed E-state index contributed by atoms with van der Waals surface area (Å²) in [4.78, 5) is 28.0. The van der Waals surface area contributed by atoms with Crippen LogP contribution in [0.25, 0.3) is 0 Å². The molecule has 2 aromatic rings. The second-order valence-electron chi connectivity index (χ2n) is 4.59. The van der Waals surface area contributed by atoms with Crippen LogP contribution in [0.5, 0.6) is 0 Å². The number of esters is 1. The van der Waals surface area contributed by atoms with E-state index in [4.69, 9.17) is 4.74 Å². The molecule has 5 nitrogen and oxygen atoms in total. The number of rotatable bonds is 2. The summed E-state index contributed by atoms with van der Waals surface area (Å²) in [6.07, 6.45) is 1.19. The molecule has 20 heavy (non-hydrogen) atoms. The zero-order chi connectivity index (χ0) is 14.1. The van der Waals surface area contributed by atoms with Crippen LogP contribution < -0.4 is 5.32 Å². The van der Waals surface area contributed by atoms with Crippen molar-refractivity contribution in [3.63, 3.8) is 0 Å².